The summed E-state index contributed by atoms with van der Waals surface area (Å²) in [6.07, 6.45) is 0.692. The largest absolute Gasteiger partial charge is 0.497 e. The quantitative estimate of drug-likeness (QED) is 0.433. The number of amides is 1. The first-order valence-electron chi connectivity index (χ1n) is 12.6. The number of benzene rings is 3. The zero-order valence-corrected chi connectivity index (χ0v) is 21.7. The van der Waals surface area contributed by atoms with E-state index in [-0.39, 0.29) is 28.8 Å². The average Bonchev–Trinajstić information content (AvgIpc) is 3.32. The molecular formula is C29H31F2N3O2S. The lowest BCUT2D eigenvalue weighted by molar-refractivity contribution is -0.136. The number of rotatable bonds is 7. The third-order valence-corrected chi connectivity index (χ3v) is 8.35. The van der Waals surface area contributed by atoms with Gasteiger partial charge in [-0.15, -0.1) is 11.8 Å². The molecule has 2 heterocycles. The second-order valence-electron chi connectivity index (χ2n) is 9.45. The van der Waals surface area contributed by atoms with Crippen molar-refractivity contribution in [3.05, 3.63) is 90.0 Å². The minimum Gasteiger partial charge on any atom is -0.497 e. The molecule has 8 heteroatoms. The number of nitrogens with zero attached hydrogens (tertiary/aromatic N) is 3. The Morgan fingerprint density at radius 2 is 1.59 bits per heavy atom. The van der Waals surface area contributed by atoms with Crippen molar-refractivity contribution in [2.75, 3.05) is 44.7 Å². The Balaban J connectivity index is 1.28. The molecule has 0 N–H and O–H groups in total. The molecule has 0 bridgehead atoms. The van der Waals surface area contributed by atoms with Gasteiger partial charge in [-0.3, -0.25) is 9.69 Å². The van der Waals surface area contributed by atoms with Crippen molar-refractivity contribution in [3.8, 4) is 5.75 Å². The lowest BCUT2D eigenvalue weighted by Crippen LogP contribution is -2.53. The second-order valence-corrected chi connectivity index (χ2v) is 10.8. The summed E-state index contributed by atoms with van der Waals surface area (Å²) in [5.41, 5.74) is 1.17. The average molecular weight is 524 g/mol. The fraction of sp³-hybridized carbons (Fsp3) is 0.345. The molecular weight excluding hydrogens is 492 g/mol. The molecule has 5 rings (SSSR count). The van der Waals surface area contributed by atoms with Crippen LogP contribution in [0.2, 0.25) is 0 Å². The molecule has 2 aliphatic rings. The van der Waals surface area contributed by atoms with Crippen LogP contribution in [0.1, 0.15) is 12.0 Å². The van der Waals surface area contributed by atoms with Gasteiger partial charge in [-0.25, -0.2) is 8.78 Å². The van der Waals surface area contributed by atoms with Crippen molar-refractivity contribution in [2.45, 2.75) is 29.2 Å². The third kappa shape index (κ3) is 5.91. The third-order valence-electron chi connectivity index (χ3n) is 7.13. The molecule has 2 saturated heterocycles. The molecule has 0 radical (unpaired) electrons. The van der Waals surface area contributed by atoms with Crippen LogP contribution in [-0.4, -0.2) is 66.8 Å². The minimum atomic E-state index is -0.324. The maximum absolute atomic E-state index is 14.5. The van der Waals surface area contributed by atoms with Crippen LogP contribution < -0.4 is 9.64 Å². The summed E-state index contributed by atoms with van der Waals surface area (Å²) in [5.74, 6) is 0.382. The van der Waals surface area contributed by atoms with E-state index in [1.807, 2.05) is 46.2 Å². The van der Waals surface area contributed by atoms with Gasteiger partial charge in [0.2, 0.25) is 5.91 Å². The Bertz CT molecular complexity index is 1220. The molecule has 0 unspecified atom stereocenters. The summed E-state index contributed by atoms with van der Waals surface area (Å²) in [6, 6.07) is 21.1. The molecule has 2 aliphatic heterocycles. The Labute approximate surface area is 221 Å². The molecule has 3 aromatic rings. The number of piperazine rings is 1. The number of carbonyl (C=O) groups is 1. The van der Waals surface area contributed by atoms with Gasteiger partial charge in [-0.2, -0.15) is 0 Å². The Kier molecular flexibility index (Phi) is 7.96. The van der Waals surface area contributed by atoms with Crippen molar-refractivity contribution in [3.63, 3.8) is 0 Å². The van der Waals surface area contributed by atoms with Crippen molar-refractivity contribution in [2.24, 2.45) is 0 Å². The van der Waals surface area contributed by atoms with Gasteiger partial charge in [0.15, 0.2) is 0 Å². The topological polar surface area (TPSA) is 36.0 Å². The van der Waals surface area contributed by atoms with E-state index in [2.05, 4.69) is 4.90 Å². The summed E-state index contributed by atoms with van der Waals surface area (Å²) < 4.78 is 34.0. The number of anilines is 1. The fourth-order valence-electron chi connectivity index (χ4n) is 5.16. The number of hydrogen-bond donors (Lipinski definition) is 0. The molecule has 2 fully saturated rings. The number of para-hydroxylation sites is 1. The van der Waals surface area contributed by atoms with Crippen molar-refractivity contribution in [1.29, 1.82) is 0 Å². The molecule has 37 heavy (non-hydrogen) atoms. The smallest absolute Gasteiger partial charge is 0.240 e. The molecule has 0 aliphatic carbocycles. The fourth-order valence-corrected chi connectivity index (χ4v) is 6.38. The highest BCUT2D eigenvalue weighted by Crippen LogP contribution is 2.35. The predicted octanol–water partition coefficient (Wildman–Crippen LogP) is 5.06. The van der Waals surface area contributed by atoms with Crippen LogP contribution in [0.5, 0.6) is 5.75 Å². The maximum atomic E-state index is 14.5. The lowest BCUT2D eigenvalue weighted by atomic mass is 10.1. The van der Waals surface area contributed by atoms with Gasteiger partial charge in [-0.1, -0.05) is 30.3 Å². The molecule has 1 amide bonds. The van der Waals surface area contributed by atoms with Crippen molar-refractivity contribution >= 4 is 23.4 Å². The number of ether oxygens (including phenoxy) is 1. The summed E-state index contributed by atoms with van der Waals surface area (Å²) in [4.78, 5) is 20.9. The molecule has 0 spiro atoms. The number of halogens is 2. The van der Waals surface area contributed by atoms with Gasteiger partial charge in [0.1, 0.15) is 17.4 Å². The standard InChI is InChI=1S/C29H31F2N3O2S/c1-36-22-10-12-23(13-11-22)37-24-18-28(34(20-24)19-21-6-2-3-7-25(21)30)29(35)33-16-14-32(15-17-33)27-9-5-4-8-26(27)31/h2-13,24,28H,14-20H2,1H3/t24-,28+/m1/s1. The van der Waals surface area contributed by atoms with Crippen molar-refractivity contribution < 1.29 is 18.3 Å². The van der Waals surface area contributed by atoms with E-state index < -0.39 is 0 Å². The van der Waals surface area contributed by atoms with Crippen molar-refractivity contribution in [1.82, 2.24) is 9.80 Å². The first-order chi connectivity index (χ1) is 18.0. The molecule has 2 atom stereocenters. The van der Waals surface area contributed by atoms with E-state index in [9.17, 15) is 13.6 Å². The van der Waals surface area contributed by atoms with E-state index >= 15 is 0 Å². The van der Waals surface area contributed by atoms with E-state index in [0.717, 1.165) is 10.6 Å². The predicted molar refractivity (Wildman–Crippen MR) is 143 cm³/mol. The van der Waals surface area contributed by atoms with Gasteiger partial charge < -0.3 is 14.5 Å². The van der Waals surface area contributed by atoms with Crippen LogP contribution in [0, 0.1) is 11.6 Å². The molecule has 0 saturated carbocycles. The van der Waals surface area contributed by atoms with Gasteiger partial charge in [0.05, 0.1) is 18.8 Å². The van der Waals surface area contributed by atoms with Crippen LogP contribution in [-0.2, 0) is 11.3 Å². The monoisotopic (exact) mass is 523 g/mol. The van der Waals surface area contributed by atoms with E-state index in [4.69, 9.17) is 4.74 Å². The number of likely N-dealkylation sites (tertiary alicyclic amines) is 1. The molecule has 3 aromatic carbocycles. The zero-order chi connectivity index (χ0) is 25.8. The minimum absolute atomic E-state index is 0.0716. The van der Waals surface area contributed by atoms with E-state index in [1.54, 1.807) is 43.1 Å². The molecule has 0 aromatic heterocycles. The van der Waals surface area contributed by atoms with Gasteiger partial charge in [-0.05, 0) is 48.9 Å². The van der Waals surface area contributed by atoms with Crippen LogP contribution in [0.3, 0.4) is 0 Å². The van der Waals surface area contributed by atoms with Crippen LogP contribution in [0.15, 0.2) is 77.7 Å². The summed E-state index contributed by atoms with van der Waals surface area (Å²) in [7, 11) is 1.64. The number of thioether (sulfide) groups is 1. The first kappa shape index (κ1) is 25.5. The summed E-state index contributed by atoms with van der Waals surface area (Å²) in [5, 5.41) is 0.203. The van der Waals surface area contributed by atoms with E-state index in [0.29, 0.717) is 56.9 Å². The van der Waals surface area contributed by atoms with Gasteiger partial charge in [0, 0.05) is 55.0 Å². The summed E-state index contributed by atoms with van der Waals surface area (Å²) >= 11 is 1.74. The zero-order valence-electron chi connectivity index (χ0n) is 20.9. The first-order valence-corrected chi connectivity index (χ1v) is 13.5. The molecule has 5 nitrogen and oxygen atoms in total. The highest BCUT2D eigenvalue weighted by Gasteiger charge is 2.40. The number of hydrogen-bond acceptors (Lipinski definition) is 5. The Morgan fingerprint density at radius 3 is 2.27 bits per heavy atom. The SMILES string of the molecule is COc1ccc(S[C@@H]2C[C@@H](C(=O)N3CCN(c4ccccc4F)CC3)N(Cc3ccccc3F)C2)cc1. The number of methoxy groups -OCH3 is 1. The maximum Gasteiger partial charge on any atom is 0.240 e. The Morgan fingerprint density at radius 1 is 0.919 bits per heavy atom. The second kappa shape index (κ2) is 11.5. The highest BCUT2D eigenvalue weighted by molar-refractivity contribution is 8.00. The van der Waals surface area contributed by atoms with E-state index in [1.165, 1.54) is 12.1 Å². The van der Waals surface area contributed by atoms with Gasteiger partial charge in [0.25, 0.3) is 0 Å². The lowest BCUT2D eigenvalue weighted by Gasteiger charge is -2.38. The Hall–Kier alpha value is -3.10. The summed E-state index contributed by atoms with van der Waals surface area (Å²) in [6.45, 7) is 3.31. The molecule has 194 valence electrons. The van der Waals surface area contributed by atoms with Crippen LogP contribution >= 0.6 is 11.8 Å². The normalized spacial score (nSPS) is 20.3. The van der Waals surface area contributed by atoms with Crippen LogP contribution in [0.4, 0.5) is 14.5 Å². The number of carbonyl (C=O) groups excluding carboxylic acids is 1. The van der Waals surface area contributed by atoms with Crippen LogP contribution in [0.25, 0.3) is 0 Å². The van der Waals surface area contributed by atoms with Gasteiger partial charge >= 0.3 is 0 Å². The highest BCUT2D eigenvalue weighted by atomic mass is 32.2.